The number of aromatic nitrogens is 1. The fourth-order valence-electron chi connectivity index (χ4n) is 4.06. The maximum absolute atomic E-state index is 12.8. The largest absolute Gasteiger partial charge is 0.378 e. The van der Waals surface area contributed by atoms with Gasteiger partial charge in [0.05, 0.1) is 43.4 Å². The van der Waals surface area contributed by atoms with Crippen LogP contribution in [0.15, 0.2) is 10.9 Å². The van der Waals surface area contributed by atoms with Crippen molar-refractivity contribution < 1.29 is 14.3 Å². The number of fused-ring (bicyclic) bond motifs is 4. The van der Waals surface area contributed by atoms with Gasteiger partial charge in [0.25, 0.3) is 0 Å². The lowest BCUT2D eigenvalue weighted by Gasteiger charge is -2.35. The number of morpholine rings is 1. The Labute approximate surface area is 151 Å². The zero-order valence-corrected chi connectivity index (χ0v) is 15.1. The molecule has 4 saturated heterocycles. The summed E-state index contributed by atoms with van der Waals surface area (Å²) in [6, 6.07) is 0.186. The van der Waals surface area contributed by atoms with Crippen LogP contribution in [0.1, 0.15) is 18.5 Å². The summed E-state index contributed by atoms with van der Waals surface area (Å²) in [4.78, 5) is 35.8. The Morgan fingerprint density at radius 1 is 1.28 bits per heavy atom. The number of ether oxygens (including phenoxy) is 1. The lowest BCUT2D eigenvalue weighted by Crippen LogP contribution is -2.48. The van der Waals surface area contributed by atoms with Gasteiger partial charge >= 0.3 is 0 Å². The van der Waals surface area contributed by atoms with Crippen LogP contribution in [0.3, 0.4) is 0 Å². The molecule has 0 radical (unpaired) electrons. The molecule has 0 saturated carbocycles. The third kappa shape index (κ3) is 3.70. The van der Waals surface area contributed by atoms with E-state index < -0.39 is 0 Å². The summed E-state index contributed by atoms with van der Waals surface area (Å²) in [6.07, 6.45) is 1.95. The lowest BCUT2D eigenvalue weighted by atomic mass is 9.94. The smallest absolute Gasteiger partial charge is 0.236 e. The standard InChI is InChI=1S/C17H24N4O3S/c22-16(20-3-5-24-6-4-20)10-19-7-13-1-2-15(9-19)21(17(13)23)8-14-11-25-12-18-14/h11-13,15H,1-10H2/t13-,15+/m0/s1. The van der Waals surface area contributed by atoms with Gasteiger partial charge in [0.15, 0.2) is 0 Å². The average molecular weight is 364 g/mol. The highest BCUT2D eigenvalue weighted by atomic mass is 32.1. The zero-order valence-electron chi connectivity index (χ0n) is 14.3. The fourth-order valence-corrected chi connectivity index (χ4v) is 4.61. The van der Waals surface area contributed by atoms with Gasteiger partial charge in [-0.2, -0.15) is 0 Å². The van der Waals surface area contributed by atoms with E-state index in [2.05, 4.69) is 9.88 Å². The molecule has 7 nitrogen and oxygen atoms in total. The highest BCUT2D eigenvalue weighted by Crippen LogP contribution is 2.30. The number of nitrogens with zero attached hydrogens (tertiary/aromatic N) is 4. The highest BCUT2D eigenvalue weighted by molar-refractivity contribution is 7.07. The molecule has 0 aliphatic carbocycles. The Bertz CT molecular complexity index is 617. The van der Waals surface area contributed by atoms with Crippen molar-refractivity contribution in [2.75, 3.05) is 45.9 Å². The minimum Gasteiger partial charge on any atom is -0.378 e. The Balaban J connectivity index is 1.41. The Morgan fingerprint density at radius 2 is 2.12 bits per heavy atom. The molecule has 4 aliphatic rings. The predicted octanol–water partition coefficient (Wildman–Crippen LogP) is 0.425. The molecule has 2 bridgehead atoms. The van der Waals surface area contributed by atoms with Gasteiger partial charge in [-0.15, -0.1) is 11.3 Å². The van der Waals surface area contributed by atoms with E-state index >= 15 is 0 Å². The van der Waals surface area contributed by atoms with Gasteiger partial charge < -0.3 is 14.5 Å². The molecule has 2 amide bonds. The van der Waals surface area contributed by atoms with E-state index in [-0.39, 0.29) is 23.8 Å². The average Bonchev–Trinajstić information content (AvgIpc) is 3.01. The molecule has 2 atom stereocenters. The molecule has 4 fully saturated rings. The Kier molecular flexibility index (Phi) is 5.00. The van der Waals surface area contributed by atoms with Gasteiger partial charge in [0, 0.05) is 37.6 Å². The number of carbonyl (C=O) groups excluding carboxylic acids is 2. The molecular formula is C17H24N4O3S. The number of amides is 2. The second-order valence-corrected chi connectivity index (χ2v) is 7.78. The first-order chi connectivity index (χ1) is 12.2. The lowest BCUT2D eigenvalue weighted by molar-refractivity contribution is -0.141. The maximum atomic E-state index is 12.8. The number of rotatable bonds is 4. The van der Waals surface area contributed by atoms with Crippen LogP contribution in [0, 0.1) is 5.92 Å². The van der Waals surface area contributed by atoms with E-state index in [0.29, 0.717) is 45.9 Å². The normalized spacial score (nSPS) is 27.6. The van der Waals surface area contributed by atoms with E-state index in [1.54, 1.807) is 11.3 Å². The summed E-state index contributed by atoms with van der Waals surface area (Å²) in [7, 11) is 0. The summed E-state index contributed by atoms with van der Waals surface area (Å²) in [5.74, 6) is 0.392. The minimum absolute atomic E-state index is 0.00914. The van der Waals surface area contributed by atoms with Crippen LogP contribution >= 0.6 is 11.3 Å². The summed E-state index contributed by atoms with van der Waals surface area (Å²) in [5.41, 5.74) is 2.77. The maximum Gasteiger partial charge on any atom is 0.236 e. The summed E-state index contributed by atoms with van der Waals surface area (Å²) in [5, 5.41) is 2.01. The van der Waals surface area contributed by atoms with Crippen LogP contribution in [0.5, 0.6) is 0 Å². The van der Waals surface area contributed by atoms with E-state index in [0.717, 1.165) is 25.1 Å². The zero-order chi connectivity index (χ0) is 17.2. The molecular weight excluding hydrogens is 340 g/mol. The molecule has 0 N–H and O–H groups in total. The second kappa shape index (κ2) is 7.39. The van der Waals surface area contributed by atoms with Crippen molar-refractivity contribution in [1.82, 2.24) is 19.7 Å². The molecule has 136 valence electrons. The molecule has 5 heterocycles. The first-order valence-corrected chi connectivity index (χ1v) is 9.90. The van der Waals surface area contributed by atoms with Gasteiger partial charge in [-0.3, -0.25) is 14.5 Å². The van der Waals surface area contributed by atoms with Crippen molar-refractivity contribution in [3.05, 3.63) is 16.6 Å². The molecule has 5 rings (SSSR count). The monoisotopic (exact) mass is 364 g/mol. The van der Waals surface area contributed by atoms with Crippen molar-refractivity contribution >= 4 is 23.2 Å². The number of thiazole rings is 1. The molecule has 1 aromatic heterocycles. The molecule has 0 unspecified atom stereocenters. The van der Waals surface area contributed by atoms with Crippen LogP contribution in [-0.2, 0) is 20.9 Å². The first kappa shape index (κ1) is 16.9. The van der Waals surface area contributed by atoms with Gasteiger partial charge in [-0.25, -0.2) is 4.98 Å². The van der Waals surface area contributed by atoms with Gasteiger partial charge in [0.1, 0.15) is 0 Å². The third-order valence-electron chi connectivity index (χ3n) is 5.41. The van der Waals surface area contributed by atoms with E-state index in [1.807, 2.05) is 20.7 Å². The van der Waals surface area contributed by atoms with E-state index in [1.165, 1.54) is 0 Å². The Hall–Kier alpha value is -1.51. The van der Waals surface area contributed by atoms with Crippen molar-refractivity contribution in [3.63, 3.8) is 0 Å². The molecule has 1 aromatic rings. The van der Waals surface area contributed by atoms with E-state index in [4.69, 9.17) is 4.74 Å². The summed E-state index contributed by atoms with van der Waals surface area (Å²) >= 11 is 1.56. The topological polar surface area (TPSA) is 66.0 Å². The quantitative estimate of drug-likeness (QED) is 0.775. The van der Waals surface area contributed by atoms with Gasteiger partial charge in [-0.1, -0.05) is 0 Å². The van der Waals surface area contributed by atoms with E-state index in [9.17, 15) is 9.59 Å². The van der Waals surface area contributed by atoms with Crippen LogP contribution < -0.4 is 0 Å². The first-order valence-electron chi connectivity index (χ1n) is 8.96. The number of hydrogen-bond donors (Lipinski definition) is 0. The van der Waals surface area contributed by atoms with Crippen molar-refractivity contribution in [1.29, 1.82) is 0 Å². The van der Waals surface area contributed by atoms with Crippen molar-refractivity contribution in [3.8, 4) is 0 Å². The third-order valence-corrected chi connectivity index (χ3v) is 6.04. The Morgan fingerprint density at radius 3 is 2.88 bits per heavy atom. The fraction of sp³-hybridized carbons (Fsp3) is 0.706. The van der Waals surface area contributed by atoms with Crippen LogP contribution in [-0.4, -0.2) is 83.5 Å². The molecule has 0 spiro atoms. The summed E-state index contributed by atoms with van der Waals surface area (Å²) in [6.45, 7) is 5.07. The molecule has 25 heavy (non-hydrogen) atoms. The van der Waals surface area contributed by atoms with Crippen molar-refractivity contribution in [2.24, 2.45) is 5.92 Å². The van der Waals surface area contributed by atoms with Crippen LogP contribution in [0.25, 0.3) is 0 Å². The van der Waals surface area contributed by atoms with Gasteiger partial charge in [-0.05, 0) is 12.8 Å². The number of piperidine rings is 1. The SMILES string of the molecule is O=C(CN1C[C@@H]2CC[C@H](C1)N(Cc1cscn1)C2=O)N1CCOCC1. The number of hydrogen-bond acceptors (Lipinski definition) is 6. The van der Waals surface area contributed by atoms with Crippen LogP contribution in [0.2, 0.25) is 0 Å². The molecule has 0 aromatic carbocycles. The van der Waals surface area contributed by atoms with Gasteiger partial charge in [0.2, 0.25) is 11.8 Å². The highest BCUT2D eigenvalue weighted by Gasteiger charge is 2.41. The molecule has 8 heteroatoms. The predicted molar refractivity (Wildman–Crippen MR) is 93.0 cm³/mol. The minimum atomic E-state index is 0.00914. The molecule has 4 aliphatic heterocycles. The summed E-state index contributed by atoms with van der Waals surface area (Å²) < 4.78 is 5.32. The second-order valence-electron chi connectivity index (χ2n) is 7.06. The van der Waals surface area contributed by atoms with Crippen LogP contribution in [0.4, 0.5) is 0 Å². The number of carbonyl (C=O) groups is 2. The van der Waals surface area contributed by atoms with Crippen molar-refractivity contribution in [2.45, 2.75) is 25.4 Å².